The Morgan fingerprint density at radius 1 is 1.00 bits per heavy atom. The number of nitrogens with zero attached hydrogens (tertiary/aromatic N) is 1. The molecule has 0 spiro atoms. The van der Waals surface area contributed by atoms with E-state index in [1.165, 1.54) is 17.3 Å². The molecule has 1 saturated heterocycles. The highest BCUT2D eigenvalue weighted by Crippen LogP contribution is 2.33. The third kappa shape index (κ3) is 5.76. The Morgan fingerprint density at radius 2 is 1.82 bits per heavy atom. The molecule has 0 radical (unpaired) electrons. The summed E-state index contributed by atoms with van der Waals surface area (Å²) in [5.41, 5.74) is 4.77. The van der Waals surface area contributed by atoms with Gasteiger partial charge in [-0.15, -0.1) is 0 Å². The summed E-state index contributed by atoms with van der Waals surface area (Å²) in [6.45, 7) is 4.36. The fraction of sp³-hybridized carbons (Fsp3) is 0.154. The van der Waals surface area contributed by atoms with E-state index in [2.05, 4.69) is 17.2 Å². The van der Waals surface area contributed by atoms with Crippen molar-refractivity contribution in [2.24, 2.45) is 4.99 Å². The number of hydrogen-bond donors (Lipinski definition) is 1. The number of nitrogens with one attached hydrogen (secondary N) is 1. The molecule has 1 heterocycles. The molecule has 0 aliphatic carbocycles. The molecule has 5 nitrogen and oxygen atoms in total. The van der Waals surface area contributed by atoms with Crippen molar-refractivity contribution in [3.05, 3.63) is 91.8 Å². The van der Waals surface area contributed by atoms with Crippen LogP contribution in [0.2, 0.25) is 10.0 Å². The fourth-order valence-corrected chi connectivity index (χ4v) is 4.54. The van der Waals surface area contributed by atoms with E-state index in [-0.39, 0.29) is 12.5 Å². The lowest BCUT2D eigenvalue weighted by atomic mass is 10.1. The maximum Gasteiger partial charge on any atom is 0.264 e. The molecule has 4 rings (SSSR count). The van der Waals surface area contributed by atoms with Gasteiger partial charge in [-0.3, -0.25) is 4.79 Å². The predicted octanol–water partition coefficient (Wildman–Crippen LogP) is 7.09. The molecule has 3 aromatic rings. The maximum atomic E-state index is 12.5. The summed E-state index contributed by atoms with van der Waals surface area (Å²) in [7, 11) is 1.57. The van der Waals surface area contributed by atoms with Crippen LogP contribution in [0.3, 0.4) is 0 Å². The maximum absolute atomic E-state index is 12.5. The normalized spacial score (nSPS) is 15.6. The van der Waals surface area contributed by atoms with Crippen LogP contribution >= 0.6 is 35.0 Å². The zero-order valence-corrected chi connectivity index (χ0v) is 21.1. The first-order chi connectivity index (χ1) is 16.3. The third-order valence-corrected chi connectivity index (χ3v) is 6.75. The van der Waals surface area contributed by atoms with E-state index in [4.69, 9.17) is 32.7 Å². The van der Waals surface area contributed by atoms with Crippen molar-refractivity contribution in [2.75, 3.05) is 7.11 Å². The second-order valence-corrected chi connectivity index (χ2v) is 9.56. The first-order valence-corrected chi connectivity index (χ1v) is 12.0. The largest absolute Gasteiger partial charge is 0.493 e. The number of aliphatic imine (C=N–C) groups is 1. The first-order valence-electron chi connectivity index (χ1n) is 10.4. The molecule has 34 heavy (non-hydrogen) atoms. The number of benzene rings is 3. The highest BCUT2D eigenvalue weighted by Gasteiger charge is 2.24. The van der Waals surface area contributed by atoms with Crippen LogP contribution in [0.25, 0.3) is 6.08 Å². The minimum absolute atomic E-state index is 0.191. The molecule has 1 aliphatic rings. The van der Waals surface area contributed by atoms with Crippen molar-refractivity contribution in [3.63, 3.8) is 0 Å². The predicted molar refractivity (Wildman–Crippen MR) is 141 cm³/mol. The lowest BCUT2D eigenvalue weighted by Crippen LogP contribution is -2.19. The smallest absolute Gasteiger partial charge is 0.264 e. The SMILES string of the molecule is COc1cc(/C=C2\SC(=Nc3ccc(C)c(C)c3)NC2=O)ccc1OCc1ccc(Cl)cc1Cl. The topological polar surface area (TPSA) is 59.9 Å². The number of hydrogen-bond acceptors (Lipinski definition) is 5. The Labute approximate surface area is 212 Å². The summed E-state index contributed by atoms with van der Waals surface area (Å²) in [5, 5.41) is 4.48. The number of amides is 1. The molecule has 1 N–H and O–H groups in total. The van der Waals surface area contributed by atoms with Crippen LogP contribution in [0.4, 0.5) is 5.69 Å². The van der Waals surface area contributed by atoms with Crippen LogP contribution in [-0.2, 0) is 11.4 Å². The van der Waals surface area contributed by atoms with Crippen molar-refractivity contribution in [2.45, 2.75) is 20.5 Å². The fourth-order valence-electron chi connectivity index (χ4n) is 3.23. The average molecular weight is 513 g/mol. The van der Waals surface area contributed by atoms with Crippen molar-refractivity contribution in [3.8, 4) is 11.5 Å². The van der Waals surface area contributed by atoms with E-state index in [0.717, 1.165) is 22.4 Å². The van der Waals surface area contributed by atoms with Crippen molar-refractivity contribution in [1.29, 1.82) is 0 Å². The number of aryl methyl sites for hydroxylation is 2. The van der Waals surface area contributed by atoms with E-state index in [1.807, 2.05) is 43.3 Å². The second-order valence-electron chi connectivity index (χ2n) is 7.68. The summed E-state index contributed by atoms with van der Waals surface area (Å²) in [6, 6.07) is 16.7. The molecule has 0 bridgehead atoms. The molecule has 0 aromatic heterocycles. The van der Waals surface area contributed by atoms with Crippen LogP contribution < -0.4 is 14.8 Å². The van der Waals surface area contributed by atoms with E-state index in [1.54, 1.807) is 31.4 Å². The zero-order chi connectivity index (χ0) is 24.2. The minimum Gasteiger partial charge on any atom is -0.493 e. The minimum atomic E-state index is -0.191. The molecule has 3 aromatic carbocycles. The van der Waals surface area contributed by atoms with Gasteiger partial charge in [0.1, 0.15) is 6.61 Å². The summed E-state index contributed by atoms with van der Waals surface area (Å²) in [4.78, 5) is 17.6. The number of carbonyl (C=O) groups is 1. The zero-order valence-electron chi connectivity index (χ0n) is 18.8. The summed E-state index contributed by atoms with van der Waals surface area (Å²) in [6.07, 6.45) is 1.80. The third-order valence-electron chi connectivity index (χ3n) is 5.26. The lowest BCUT2D eigenvalue weighted by molar-refractivity contribution is -0.115. The van der Waals surface area contributed by atoms with Gasteiger partial charge < -0.3 is 14.8 Å². The lowest BCUT2D eigenvalue weighted by Gasteiger charge is -2.12. The molecule has 8 heteroatoms. The monoisotopic (exact) mass is 512 g/mol. The summed E-state index contributed by atoms with van der Waals surface area (Å²) < 4.78 is 11.4. The van der Waals surface area contributed by atoms with Gasteiger partial charge in [-0.2, -0.15) is 0 Å². The molecule has 1 aliphatic heterocycles. The van der Waals surface area contributed by atoms with Gasteiger partial charge in [0.05, 0.1) is 17.7 Å². The van der Waals surface area contributed by atoms with Crippen LogP contribution in [-0.4, -0.2) is 18.2 Å². The van der Waals surface area contributed by atoms with Crippen LogP contribution in [0.15, 0.2) is 64.5 Å². The van der Waals surface area contributed by atoms with Gasteiger partial charge in [0.2, 0.25) is 0 Å². The average Bonchev–Trinajstić information content (AvgIpc) is 3.14. The second kappa shape index (κ2) is 10.6. The molecule has 1 fully saturated rings. The van der Waals surface area contributed by atoms with Gasteiger partial charge in [-0.25, -0.2) is 4.99 Å². The van der Waals surface area contributed by atoms with Gasteiger partial charge >= 0.3 is 0 Å². The van der Waals surface area contributed by atoms with Crippen molar-refractivity contribution in [1.82, 2.24) is 5.32 Å². The number of thioether (sulfide) groups is 1. The first kappa shape index (κ1) is 24.2. The number of halogens is 2. The Bertz CT molecular complexity index is 1320. The summed E-state index contributed by atoms with van der Waals surface area (Å²) in [5.74, 6) is 0.923. The summed E-state index contributed by atoms with van der Waals surface area (Å²) >= 11 is 13.5. The Hall–Kier alpha value is -2.93. The number of methoxy groups -OCH3 is 1. The molecule has 1 amide bonds. The van der Waals surface area contributed by atoms with Gasteiger partial charge in [0.15, 0.2) is 16.7 Å². The van der Waals surface area contributed by atoms with Crippen LogP contribution in [0.5, 0.6) is 11.5 Å². The molecule has 174 valence electrons. The molecule has 0 unspecified atom stereocenters. The van der Waals surface area contributed by atoms with Gasteiger partial charge in [0, 0.05) is 15.6 Å². The standard InChI is InChI=1S/C26H22Cl2N2O3S/c1-15-4-8-20(10-16(15)2)29-26-30-25(31)24(34-26)12-17-5-9-22(23(11-17)32-3)33-14-18-6-7-19(27)13-21(18)28/h4-13H,14H2,1-3H3,(H,29,30,31)/b24-12-. The van der Waals surface area contributed by atoms with E-state index < -0.39 is 0 Å². The Balaban J connectivity index is 1.49. The van der Waals surface area contributed by atoms with Gasteiger partial charge in [-0.05, 0) is 84.8 Å². The highest BCUT2D eigenvalue weighted by molar-refractivity contribution is 8.18. The van der Waals surface area contributed by atoms with Crippen molar-refractivity contribution >= 4 is 57.8 Å². The van der Waals surface area contributed by atoms with E-state index in [9.17, 15) is 4.79 Å². The Morgan fingerprint density at radius 3 is 2.56 bits per heavy atom. The van der Waals surface area contributed by atoms with Gasteiger partial charge in [-0.1, -0.05) is 41.4 Å². The van der Waals surface area contributed by atoms with Gasteiger partial charge in [0.25, 0.3) is 5.91 Å². The molecular weight excluding hydrogens is 491 g/mol. The van der Waals surface area contributed by atoms with E-state index in [0.29, 0.717) is 31.6 Å². The number of carbonyl (C=O) groups excluding carboxylic acids is 1. The Kier molecular flexibility index (Phi) is 7.51. The number of ether oxygens (including phenoxy) is 2. The van der Waals surface area contributed by atoms with Crippen LogP contribution in [0.1, 0.15) is 22.3 Å². The van der Waals surface area contributed by atoms with E-state index >= 15 is 0 Å². The van der Waals surface area contributed by atoms with Crippen LogP contribution in [0, 0.1) is 13.8 Å². The molecule has 0 saturated carbocycles. The quantitative estimate of drug-likeness (QED) is 0.358. The number of rotatable bonds is 6. The van der Waals surface area contributed by atoms with Crippen molar-refractivity contribution < 1.29 is 14.3 Å². The number of amidine groups is 1. The molecule has 0 atom stereocenters. The highest BCUT2D eigenvalue weighted by atomic mass is 35.5. The molecular formula is C26H22Cl2N2O3S.